The summed E-state index contributed by atoms with van der Waals surface area (Å²) in [4.78, 5) is 35.4. The van der Waals surface area contributed by atoms with E-state index in [4.69, 9.17) is 9.84 Å². The van der Waals surface area contributed by atoms with Gasteiger partial charge in [-0.2, -0.15) is 5.10 Å². The van der Waals surface area contributed by atoms with E-state index in [1.54, 1.807) is 36.3 Å². The maximum Gasteiger partial charge on any atom is 0.413 e. The molecule has 0 aliphatic heterocycles. The number of pyridine rings is 1. The van der Waals surface area contributed by atoms with Crippen LogP contribution in [0.4, 0.5) is 14.3 Å². The molecular formula is C25H23FN6O3S. The van der Waals surface area contributed by atoms with Gasteiger partial charge in [0.25, 0.3) is 5.91 Å². The number of halogens is 1. The molecule has 1 aliphatic rings. The van der Waals surface area contributed by atoms with Crippen molar-refractivity contribution in [1.29, 1.82) is 0 Å². The number of hydrogen-bond acceptors (Lipinski definition) is 7. The van der Waals surface area contributed by atoms with Crippen LogP contribution in [0.5, 0.6) is 0 Å². The summed E-state index contributed by atoms with van der Waals surface area (Å²) in [7, 11) is 2.95. The van der Waals surface area contributed by atoms with Crippen LogP contribution in [0.2, 0.25) is 0 Å². The zero-order valence-corrected chi connectivity index (χ0v) is 20.7. The highest BCUT2D eigenvalue weighted by molar-refractivity contribution is 7.19. The van der Waals surface area contributed by atoms with Gasteiger partial charge in [0.15, 0.2) is 5.13 Å². The van der Waals surface area contributed by atoms with Gasteiger partial charge < -0.3 is 9.64 Å². The Morgan fingerprint density at radius 3 is 2.81 bits per heavy atom. The maximum absolute atomic E-state index is 15.5. The Bertz CT molecular complexity index is 1470. The predicted octanol–water partition coefficient (Wildman–Crippen LogP) is 4.57. The molecule has 0 spiro atoms. The smallest absolute Gasteiger partial charge is 0.413 e. The van der Waals surface area contributed by atoms with Crippen molar-refractivity contribution in [3.8, 4) is 27.5 Å². The van der Waals surface area contributed by atoms with Crippen molar-refractivity contribution in [1.82, 2.24) is 24.6 Å². The number of aryl methyl sites for hydroxylation is 1. The number of carbonyl (C=O) groups excluding carboxylic acids is 2. The minimum Gasteiger partial charge on any atom is -0.453 e. The molecule has 9 nitrogen and oxygen atoms in total. The molecule has 0 saturated heterocycles. The molecule has 3 heterocycles. The van der Waals surface area contributed by atoms with Crippen molar-refractivity contribution in [3.63, 3.8) is 0 Å². The number of fused-ring (bicyclic) bond motifs is 3. The first-order valence-corrected chi connectivity index (χ1v) is 12.2. The Labute approximate surface area is 210 Å². The highest BCUT2D eigenvalue weighted by Gasteiger charge is 2.31. The summed E-state index contributed by atoms with van der Waals surface area (Å²) in [6.07, 6.45) is 4.06. The molecule has 11 heteroatoms. The average Bonchev–Trinajstić information content (AvgIpc) is 3.49. The van der Waals surface area contributed by atoms with E-state index in [1.807, 2.05) is 19.1 Å². The van der Waals surface area contributed by atoms with Crippen molar-refractivity contribution in [3.05, 3.63) is 65.4 Å². The number of nitrogens with zero attached hydrogens (tertiary/aromatic N) is 5. The predicted molar refractivity (Wildman–Crippen MR) is 134 cm³/mol. The van der Waals surface area contributed by atoms with Gasteiger partial charge in [0, 0.05) is 42.7 Å². The standard InChI is InChI=1S/C25H23FN6O3S/c1-4-31(2)23(33)14-7-10-19(17(26)12-14)32-21-16(20(30-32)15-6-5-11-27-13-15)8-9-18-22(21)36-24(28-18)29-25(34)35-3/h5-7,10-13H,4,8-9H2,1-3H3,(H,28,29,34). The van der Waals surface area contributed by atoms with Crippen LogP contribution in [0.1, 0.15) is 28.5 Å². The molecule has 3 aromatic heterocycles. The van der Waals surface area contributed by atoms with Crippen LogP contribution in [0.25, 0.3) is 27.5 Å². The van der Waals surface area contributed by atoms with Crippen LogP contribution in [0.3, 0.4) is 0 Å². The van der Waals surface area contributed by atoms with E-state index in [2.05, 4.69) is 15.3 Å². The lowest BCUT2D eigenvalue weighted by molar-refractivity contribution is 0.0802. The molecule has 4 aromatic rings. The molecule has 2 amide bonds. The number of aromatic nitrogens is 4. The fourth-order valence-electron chi connectivity index (χ4n) is 4.15. The number of amides is 2. The molecule has 0 radical (unpaired) electrons. The SMILES string of the molecule is CCN(C)C(=O)c1ccc(-n2nc(-c3cccnc3)c3c2-c2sc(NC(=O)OC)nc2CC3)c(F)c1. The number of thiazole rings is 1. The van der Waals surface area contributed by atoms with Gasteiger partial charge >= 0.3 is 6.09 Å². The summed E-state index contributed by atoms with van der Waals surface area (Å²) in [5.41, 5.74) is 4.41. The van der Waals surface area contributed by atoms with Gasteiger partial charge in [-0.05, 0) is 50.1 Å². The number of ether oxygens (including phenoxy) is 1. The second-order valence-corrected chi connectivity index (χ2v) is 9.23. The normalized spacial score (nSPS) is 12.0. The molecule has 184 valence electrons. The summed E-state index contributed by atoms with van der Waals surface area (Å²) in [6, 6.07) is 8.14. The fourth-order valence-corrected chi connectivity index (χ4v) is 5.20. The van der Waals surface area contributed by atoms with Gasteiger partial charge in [-0.3, -0.25) is 15.1 Å². The molecule has 1 N–H and O–H groups in total. The monoisotopic (exact) mass is 506 g/mol. The number of methoxy groups -OCH3 is 1. The van der Waals surface area contributed by atoms with Crippen molar-refractivity contribution < 1.29 is 18.7 Å². The summed E-state index contributed by atoms with van der Waals surface area (Å²) >= 11 is 1.28. The number of anilines is 1. The van der Waals surface area contributed by atoms with Gasteiger partial charge in [0.1, 0.15) is 11.5 Å². The topological polar surface area (TPSA) is 102 Å². The van der Waals surface area contributed by atoms with Crippen LogP contribution in [-0.2, 0) is 17.6 Å². The lowest BCUT2D eigenvalue weighted by Crippen LogP contribution is -2.26. The Hall–Kier alpha value is -4.12. The van der Waals surface area contributed by atoms with Gasteiger partial charge in [-0.25, -0.2) is 18.9 Å². The fraction of sp³-hybridized carbons (Fsp3) is 0.240. The number of rotatable bonds is 5. The number of benzene rings is 1. The first-order valence-electron chi connectivity index (χ1n) is 11.3. The first-order chi connectivity index (χ1) is 17.4. The van der Waals surface area contributed by atoms with Crippen molar-refractivity contribution in [2.24, 2.45) is 0 Å². The number of carbonyl (C=O) groups is 2. The Kier molecular flexibility index (Phi) is 6.23. The highest BCUT2D eigenvalue weighted by atomic mass is 32.1. The third kappa shape index (κ3) is 4.11. The lowest BCUT2D eigenvalue weighted by atomic mass is 9.95. The molecule has 0 bridgehead atoms. The van der Waals surface area contributed by atoms with Gasteiger partial charge in [0.2, 0.25) is 0 Å². The van der Waals surface area contributed by atoms with E-state index in [9.17, 15) is 9.59 Å². The Morgan fingerprint density at radius 1 is 1.28 bits per heavy atom. The summed E-state index contributed by atoms with van der Waals surface area (Å²) in [6.45, 7) is 2.37. The van der Waals surface area contributed by atoms with E-state index in [0.717, 1.165) is 21.7 Å². The number of hydrogen-bond donors (Lipinski definition) is 1. The zero-order chi connectivity index (χ0) is 25.4. The highest BCUT2D eigenvalue weighted by Crippen LogP contribution is 2.44. The van der Waals surface area contributed by atoms with Gasteiger partial charge in [-0.15, -0.1) is 0 Å². The summed E-state index contributed by atoms with van der Waals surface area (Å²) < 4.78 is 21.8. The Balaban J connectivity index is 1.67. The third-order valence-corrected chi connectivity index (χ3v) is 7.10. The van der Waals surface area contributed by atoms with Crippen molar-refractivity contribution in [2.75, 3.05) is 26.0 Å². The molecule has 1 aromatic carbocycles. The maximum atomic E-state index is 15.5. The number of nitrogens with one attached hydrogen (secondary N) is 1. The molecule has 0 atom stereocenters. The van der Waals surface area contributed by atoms with Crippen LogP contribution < -0.4 is 5.32 Å². The minimum atomic E-state index is -0.616. The molecule has 0 saturated carbocycles. The zero-order valence-electron chi connectivity index (χ0n) is 19.9. The summed E-state index contributed by atoms with van der Waals surface area (Å²) in [5.74, 6) is -0.831. The van der Waals surface area contributed by atoms with Gasteiger partial charge in [-0.1, -0.05) is 11.3 Å². The van der Waals surface area contributed by atoms with Crippen LogP contribution in [-0.4, -0.2) is 57.4 Å². The first kappa shape index (κ1) is 23.6. The van der Waals surface area contributed by atoms with Crippen LogP contribution >= 0.6 is 11.3 Å². The largest absolute Gasteiger partial charge is 0.453 e. The average molecular weight is 507 g/mol. The molecule has 5 rings (SSSR count). The van der Waals surface area contributed by atoms with E-state index >= 15 is 4.39 Å². The minimum absolute atomic E-state index is 0.209. The second kappa shape index (κ2) is 9.50. The van der Waals surface area contributed by atoms with Crippen LogP contribution in [0.15, 0.2) is 42.7 Å². The van der Waals surface area contributed by atoms with E-state index in [0.29, 0.717) is 35.9 Å². The van der Waals surface area contributed by atoms with Gasteiger partial charge in [0.05, 0.1) is 29.1 Å². The molecule has 36 heavy (non-hydrogen) atoms. The third-order valence-electron chi connectivity index (χ3n) is 6.08. The van der Waals surface area contributed by atoms with E-state index in [1.165, 1.54) is 29.4 Å². The van der Waals surface area contributed by atoms with E-state index in [-0.39, 0.29) is 17.2 Å². The second-order valence-electron chi connectivity index (χ2n) is 8.23. The Morgan fingerprint density at radius 2 is 2.11 bits per heavy atom. The summed E-state index contributed by atoms with van der Waals surface area (Å²) in [5, 5.41) is 7.82. The molecule has 1 aliphatic carbocycles. The van der Waals surface area contributed by atoms with Crippen molar-refractivity contribution >= 4 is 28.5 Å². The van der Waals surface area contributed by atoms with Crippen LogP contribution in [0, 0.1) is 5.82 Å². The van der Waals surface area contributed by atoms with Crippen molar-refractivity contribution in [2.45, 2.75) is 19.8 Å². The quantitative estimate of drug-likeness (QED) is 0.426. The molecule has 0 fully saturated rings. The molecular weight excluding hydrogens is 483 g/mol. The molecule has 0 unspecified atom stereocenters. The lowest BCUT2D eigenvalue weighted by Gasteiger charge is -2.16. The van der Waals surface area contributed by atoms with E-state index < -0.39 is 11.9 Å².